The van der Waals surface area contributed by atoms with Gasteiger partial charge in [-0.15, -0.1) is 5.10 Å². The molecule has 5 aromatic rings. The summed E-state index contributed by atoms with van der Waals surface area (Å²) in [6.45, 7) is 0.471. The Balaban J connectivity index is 1.25. The molecule has 4 aromatic carbocycles. The molecule has 1 aliphatic heterocycles. The molecule has 214 valence electrons. The lowest BCUT2D eigenvalue weighted by Gasteiger charge is -2.36. The summed E-state index contributed by atoms with van der Waals surface area (Å²) in [6, 6.07) is 31.0. The minimum Gasteiger partial charge on any atom is -0.508 e. The number of thioether (sulfide) groups is 1. The maximum absolute atomic E-state index is 9.66. The van der Waals surface area contributed by atoms with Gasteiger partial charge < -0.3 is 25.4 Å². The number of aliphatic hydroxyl groups is 1. The number of phenolic OH excluding ortho intramolecular Hbond substituents is 1. The molecule has 0 spiro atoms. The highest BCUT2D eigenvalue weighted by molar-refractivity contribution is 7.99. The number of nitrogens with zero attached hydrogens (tertiary/aromatic N) is 4. The molecule has 0 bridgehead atoms. The molecule has 9 nitrogen and oxygen atoms in total. The normalized spacial score (nSPS) is 18.7. The van der Waals surface area contributed by atoms with Crippen LogP contribution in [0.25, 0.3) is 16.8 Å². The van der Waals surface area contributed by atoms with Gasteiger partial charge in [0.15, 0.2) is 6.29 Å². The quantitative estimate of drug-likeness (QED) is 0.198. The third-order valence-corrected chi connectivity index (χ3v) is 8.25. The molecule has 10 heteroatoms. The Bertz CT molecular complexity index is 1630. The molecule has 0 aliphatic carbocycles. The van der Waals surface area contributed by atoms with Crippen LogP contribution < -0.4 is 5.73 Å². The maximum atomic E-state index is 9.66. The van der Waals surface area contributed by atoms with E-state index in [1.54, 1.807) is 28.9 Å². The Morgan fingerprint density at radius 3 is 2.38 bits per heavy atom. The number of ether oxygens (including phenoxy) is 2. The number of aromatic nitrogens is 4. The summed E-state index contributed by atoms with van der Waals surface area (Å²) >= 11 is 1.50. The van der Waals surface area contributed by atoms with Crippen molar-refractivity contribution in [3.05, 3.63) is 119 Å². The van der Waals surface area contributed by atoms with Crippen molar-refractivity contribution in [2.75, 3.05) is 5.75 Å². The zero-order valence-corrected chi connectivity index (χ0v) is 23.6. The van der Waals surface area contributed by atoms with Gasteiger partial charge in [0.2, 0.25) is 5.16 Å². The van der Waals surface area contributed by atoms with Gasteiger partial charge in [-0.3, -0.25) is 0 Å². The second-order valence-corrected chi connectivity index (χ2v) is 11.1. The van der Waals surface area contributed by atoms with E-state index in [0.717, 1.165) is 39.1 Å². The van der Waals surface area contributed by atoms with Crippen LogP contribution in [0.3, 0.4) is 0 Å². The average molecular weight is 582 g/mol. The van der Waals surface area contributed by atoms with E-state index < -0.39 is 6.29 Å². The maximum Gasteiger partial charge on any atom is 0.214 e. The molecule has 0 radical (unpaired) electrons. The largest absolute Gasteiger partial charge is 0.508 e. The Morgan fingerprint density at radius 1 is 0.857 bits per heavy atom. The number of nitrogens with two attached hydrogens (primary N) is 1. The zero-order chi connectivity index (χ0) is 28.9. The lowest BCUT2D eigenvalue weighted by atomic mass is 9.99. The molecule has 3 unspecified atom stereocenters. The van der Waals surface area contributed by atoms with Crippen molar-refractivity contribution < 1.29 is 19.7 Å². The van der Waals surface area contributed by atoms with Gasteiger partial charge in [-0.05, 0) is 74.6 Å². The second-order valence-electron chi connectivity index (χ2n) is 10.1. The number of hydrogen-bond acceptors (Lipinski definition) is 9. The Hall–Kier alpha value is -4.06. The molecule has 0 amide bonds. The number of phenols is 1. The molecule has 1 aromatic heterocycles. The Labute approximate surface area is 247 Å². The summed E-state index contributed by atoms with van der Waals surface area (Å²) in [5.74, 6) is 0.777. The van der Waals surface area contributed by atoms with Gasteiger partial charge in [0.25, 0.3) is 0 Å². The van der Waals surface area contributed by atoms with Crippen LogP contribution in [0.4, 0.5) is 0 Å². The summed E-state index contributed by atoms with van der Waals surface area (Å²) < 4.78 is 14.8. The number of aliphatic hydroxyl groups excluding tert-OH is 1. The number of hydrogen-bond donors (Lipinski definition) is 3. The van der Waals surface area contributed by atoms with Crippen LogP contribution in [0.5, 0.6) is 5.75 Å². The molecule has 1 aliphatic rings. The van der Waals surface area contributed by atoms with E-state index in [-0.39, 0.29) is 24.6 Å². The average Bonchev–Trinajstić information content (AvgIpc) is 3.53. The van der Waals surface area contributed by atoms with Gasteiger partial charge >= 0.3 is 0 Å². The third kappa shape index (κ3) is 6.38. The first-order valence-corrected chi connectivity index (χ1v) is 14.7. The molecule has 3 atom stereocenters. The molecule has 2 heterocycles. The second kappa shape index (κ2) is 12.8. The number of aromatic hydroxyl groups is 1. The highest BCUT2D eigenvalue weighted by Crippen LogP contribution is 2.40. The lowest BCUT2D eigenvalue weighted by Crippen LogP contribution is -2.31. The van der Waals surface area contributed by atoms with Crippen molar-refractivity contribution in [1.29, 1.82) is 0 Å². The van der Waals surface area contributed by atoms with Gasteiger partial charge in [-0.2, -0.15) is 4.68 Å². The summed E-state index contributed by atoms with van der Waals surface area (Å²) in [4.78, 5) is 0. The molecular weight excluding hydrogens is 550 g/mol. The Morgan fingerprint density at radius 2 is 1.62 bits per heavy atom. The van der Waals surface area contributed by atoms with Crippen molar-refractivity contribution >= 4 is 11.8 Å². The molecule has 1 saturated heterocycles. The van der Waals surface area contributed by atoms with E-state index in [2.05, 4.69) is 39.8 Å². The van der Waals surface area contributed by atoms with Crippen molar-refractivity contribution in [3.63, 3.8) is 0 Å². The van der Waals surface area contributed by atoms with E-state index in [1.807, 2.05) is 48.5 Å². The first kappa shape index (κ1) is 28.1. The number of tetrazole rings is 1. The first-order chi connectivity index (χ1) is 20.6. The van der Waals surface area contributed by atoms with Crippen LogP contribution >= 0.6 is 11.8 Å². The van der Waals surface area contributed by atoms with Gasteiger partial charge in [0.1, 0.15) is 5.75 Å². The zero-order valence-electron chi connectivity index (χ0n) is 22.8. The van der Waals surface area contributed by atoms with E-state index in [9.17, 15) is 10.2 Å². The van der Waals surface area contributed by atoms with E-state index in [0.29, 0.717) is 23.9 Å². The number of rotatable bonds is 9. The van der Waals surface area contributed by atoms with Gasteiger partial charge in [-0.1, -0.05) is 72.4 Å². The van der Waals surface area contributed by atoms with Crippen molar-refractivity contribution in [1.82, 2.24) is 20.2 Å². The van der Waals surface area contributed by atoms with Crippen molar-refractivity contribution in [2.24, 2.45) is 5.73 Å². The van der Waals surface area contributed by atoms with Crippen LogP contribution in [-0.4, -0.2) is 42.3 Å². The first-order valence-electron chi connectivity index (χ1n) is 13.7. The molecule has 0 saturated carbocycles. The van der Waals surface area contributed by atoms with Gasteiger partial charge in [-0.25, -0.2) is 0 Å². The van der Waals surface area contributed by atoms with Crippen LogP contribution in [0.1, 0.15) is 41.1 Å². The van der Waals surface area contributed by atoms with Crippen molar-refractivity contribution in [2.45, 2.75) is 43.2 Å². The fourth-order valence-electron chi connectivity index (χ4n) is 4.96. The third-order valence-electron chi connectivity index (χ3n) is 7.20. The SMILES string of the molecule is NCc1cccc(-c2cccc(C3OC(CSc4nnnn4-c4ccc(O)cc4)CC(c4ccc(CO)cc4)O3)c2)c1. The van der Waals surface area contributed by atoms with Gasteiger partial charge in [0, 0.05) is 24.3 Å². The van der Waals surface area contributed by atoms with Crippen LogP contribution in [0.15, 0.2) is 102 Å². The van der Waals surface area contributed by atoms with Crippen LogP contribution in [0, 0.1) is 0 Å². The highest BCUT2D eigenvalue weighted by Gasteiger charge is 2.33. The molecule has 42 heavy (non-hydrogen) atoms. The fraction of sp³-hybridized carbons (Fsp3) is 0.219. The predicted octanol–water partition coefficient (Wildman–Crippen LogP) is 5.32. The topological polar surface area (TPSA) is 129 Å². The minimum absolute atomic E-state index is 0.00922. The van der Waals surface area contributed by atoms with E-state index >= 15 is 0 Å². The molecular formula is C32H31N5O4S. The number of benzene rings is 4. The summed E-state index contributed by atoms with van der Waals surface area (Å²) in [6.07, 6.45) is -0.316. The molecule has 6 rings (SSSR count). The lowest BCUT2D eigenvalue weighted by molar-refractivity contribution is -0.245. The predicted molar refractivity (Wildman–Crippen MR) is 160 cm³/mol. The summed E-state index contributed by atoms with van der Waals surface area (Å²) in [5, 5.41) is 32.0. The van der Waals surface area contributed by atoms with Gasteiger partial charge in [0.05, 0.1) is 24.5 Å². The van der Waals surface area contributed by atoms with Crippen LogP contribution in [-0.2, 0) is 22.6 Å². The molecule has 1 fully saturated rings. The van der Waals surface area contributed by atoms with E-state index in [1.165, 1.54) is 11.8 Å². The molecule has 4 N–H and O–H groups in total. The highest BCUT2D eigenvalue weighted by atomic mass is 32.2. The van der Waals surface area contributed by atoms with Crippen molar-refractivity contribution in [3.8, 4) is 22.6 Å². The minimum atomic E-state index is -0.586. The Kier molecular flexibility index (Phi) is 8.59. The summed E-state index contributed by atoms with van der Waals surface area (Å²) in [7, 11) is 0. The van der Waals surface area contributed by atoms with Crippen LogP contribution in [0.2, 0.25) is 0 Å². The summed E-state index contributed by atoms with van der Waals surface area (Å²) in [5.41, 5.74) is 12.6. The smallest absolute Gasteiger partial charge is 0.214 e. The fourth-order valence-corrected chi connectivity index (χ4v) is 5.87. The van der Waals surface area contributed by atoms with E-state index in [4.69, 9.17) is 15.2 Å². The monoisotopic (exact) mass is 581 g/mol. The standard InChI is InChI=1S/C32H31N5O4S/c33-18-22-3-1-4-24(15-22)25-5-2-6-26(16-25)31-40-29(17-30(41-31)23-9-7-21(19-38)8-10-23)20-42-32-34-35-36-37(32)27-11-13-28(39)14-12-27/h1-16,29-31,38-39H,17-20,33H2.